The highest BCUT2D eigenvalue weighted by molar-refractivity contribution is 5.18. The maximum absolute atomic E-state index is 13.2. The van der Waals surface area contributed by atoms with Crippen LogP contribution in [0.2, 0.25) is 0 Å². The largest absolute Gasteiger partial charge is 0.330 e. The van der Waals surface area contributed by atoms with E-state index in [4.69, 9.17) is 5.73 Å². The fraction of sp³-hybridized carbons (Fsp3) is 0.600. The van der Waals surface area contributed by atoms with Crippen LogP contribution in [0.4, 0.5) is 8.78 Å². The summed E-state index contributed by atoms with van der Waals surface area (Å²) in [5, 5.41) is 0. The average Bonchev–Trinajstić information content (AvgIpc) is 2.34. The predicted octanol–water partition coefficient (Wildman–Crippen LogP) is 3.52. The van der Waals surface area contributed by atoms with E-state index in [-0.39, 0.29) is 0 Å². The Morgan fingerprint density at radius 1 is 1.17 bits per heavy atom. The van der Waals surface area contributed by atoms with Crippen LogP contribution < -0.4 is 5.73 Å². The molecule has 1 aliphatic rings. The van der Waals surface area contributed by atoms with Gasteiger partial charge >= 0.3 is 0 Å². The molecule has 3 heteroatoms. The van der Waals surface area contributed by atoms with Crippen LogP contribution in [0.3, 0.4) is 0 Å². The fourth-order valence-corrected chi connectivity index (χ4v) is 3.09. The Balaban J connectivity index is 2.08. The van der Waals surface area contributed by atoms with E-state index in [2.05, 4.69) is 6.92 Å². The van der Waals surface area contributed by atoms with Gasteiger partial charge in [-0.2, -0.15) is 0 Å². The lowest BCUT2D eigenvalue weighted by Crippen LogP contribution is -2.31. The van der Waals surface area contributed by atoms with Gasteiger partial charge in [0.1, 0.15) is 0 Å². The SMILES string of the molecule is CC1CCC(CN)C(Cc2ccc(F)c(F)c2)C1. The summed E-state index contributed by atoms with van der Waals surface area (Å²) in [4.78, 5) is 0. The van der Waals surface area contributed by atoms with Crippen molar-refractivity contribution in [3.8, 4) is 0 Å². The molecule has 18 heavy (non-hydrogen) atoms. The summed E-state index contributed by atoms with van der Waals surface area (Å²) in [6, 6.07) is 4.22. The molecule has 100 valence electrons. The molecule has 1 saturated carbocycles. The molecule has 0 heterocycles. The smallest absolute Gasteiger partial charge is 0.159 e. The molecular weight excluding hydrogens is 232 g/mol. The zero-order chi connectivity index (χ0) is 13.1. The van der Waals surface area contributed by atoms with Crippen LogP contribution in [0.5, 0.6) is 0 Å². The van der Waals surface area contributed by atoms with Crippen LogP contribution in [0.25, 0.3) is 0 Å². The van der Waals surface area contributed by atoms with Crippen molar-refractivity contribution in [1.82, 2.24) is 0 Å². The molecule has 1 fully saturated rings. The molecule has 2 N–H and O–H groups in total. The van der Waals surface area contributed by atoms with Gasteiger partial charge in [-0.1, -0.05) is 19.4 Å². The van der Waals surface area contributed by atoms with Gasteiger partial charge in [0.2, 0.25) is 0 Å². The van der Waals surface area contributed by atoms with Crippen LogP contribution in [0.15, 0.2) is 18.2 Å². The third-order valence-corrected chi connectivity index (χ3v) is 4.19. The van der Waals surface area contributed by atoms with E-state index in [1.807, 2.05) is 0 Å². The van der Waals surface area contributed by atoms with Crippen LogP contribution in [-0.4, -0.2) is 6.54 Å². The maximum atomic E-state index is 13.2. The van der Waals surface area contributed by atoms with E-state index in [1.54, 1.807) is 6.07 Å². The monoisotopic (exact) mass is 253 g/mol. The van der Waals surface area contributed by atoms with Gasteiger partial charge in [0.05, 0.1) is 0 Å². The van der Waals surface area contributed by atoms with Crippen molar-refractivity contribution in [3.05, 3.63) is 35.4 Å². The lowest BCUT2D eigenvalue weighted by Gasteiger charge is -2.34. The minimum absolute atomic E-state index is 0.503. The maximum Gasteiger partial charge on any atom is 0.159 e. The highest BCUT2D eigenvalue weighted by Crippen LogP contribution is 2.35. The predicted molar refractivity (Wildman–Crippen MR) is 69.1 cm³/mol. The summed E-state index contributed by atoms with van der Waals surface area (Å²) in [6.07, 6.45) is 4.34. The van der Waals surface area contributed by atoms with E-state index in [0.29, 0.717) is 24.3 Å². The molecular formula is C15H21F2N. The molecule has 0 aromatic heterocycles. The summed E-state index contributed by atoms with van der Waals surface area (Å²) in [5.74, 6) is 0.216. The third-order valence-electron chi connectivity index (χ3n) is 4.19. The highest BCUT2D eigenvalue weighted by Gasteiger charge is 2.27. The van der Waals surface area contributed by atoms with Crippen LogP contribution in [0.1, 0.15) is 31.7 Å². The molecule has 3 atom stereocenters. The number of halogens is 2. The number of hydrogen-bond donors (Lipinski definition) is 1. The summed E-state index contributed by atoms with van der Waals surface area (Å²) >= 11 is 0. The molecule has 2 rings (SSSR count). The summed E-state index contributed by atoms with van der Waals surface area (Å²) in [6.45, 7) is 2.95. The molecule has 0 saturated heterocycles. The van der Waals surface area contributed by atoms with Crippen molar-refractivity contribution in [2.24, 2.45) is 23.5 Å². The topological polar surface area (TPSA) is 26.0 Å². The second kappa shape index (κ2) is 5.79. The van der Waals surface area contributed by atoms with Crippen LogP contribution in [0, 0.1) is 29.4 Å². The minimum Gasteiger partial charge on any atom is -0.330 e. The average molecular weight is 253 g/mol. The Labute approximate surface area is 107 Å². The van der Waals surface area contributed by atoms with Crippen molar-refractivity contribution >= 4 is 0 Å². The van der Waals surface area contributed by atoms with Crippen molar-refractivity contribution < 1.29 is 8.78 Å². The van der Waals surface area contributed by atoms with E-state index in [1.165, 1.54) is 18.6 Å². The number of rotatable bonds is 3. The molecule has 0 spiro atoms. The molecule has 1 aromatic rings. The van der Waals surface area contributed by atoms with E-state index in [0.717, 1.165) is 24.8 Å². The summed E-state index contributed by atoms with van der Waals surface area (Å²) < 4.78 is 26.1. The van der Waals surface area contributed by atoms with Gasteiger partial charge < -0.3 is 5.73 Å². The molecule has 0 aliphatic heterocycles. The zero-order valence-electron chi connectivity index (χ0n) is 10.8. The molecule has 0 radical (unpaired) electrons. The van der Waals surface area contributed by atoms with Gasteiger partial charge in [0.15, 0.2) is 11.6 Å². The first kappa shape index (κ1) is 13.5. The first-order valence-electron chi connectivity index (χ1n) is 6.74. The van der Waals surface area contributed by atoms with E-state index in [9.17, 15) is 8.78 Å². The molecule has 0 amide bonds. The van der Waals surface area contributed by atoms with Gasteiger partial charge in [0, 0.05) is 0 Å². The fourth-order valence-electron chi connectivity index (χ4n) is 3.09. The lowest BCUT2D eigenvalue weighted by atomic mass is 9.72. The Hall–Kier alpha value is -0.960. The van der Waals surface area contributed by atoms with Gasteiger partial charge in [-0.25, -0.2) is 8.78 Å². The summed E-state index contributed by atoms with van der Waals surface area (Å²) in [7, 11) is 0. The lowest BCUT2D eigenvalue weighted by molar-refractivity contribution is 0.193. The standard InChI is InChI=1S/C15H21F2N/c1-10-2-4-12(9-18)13(6-10)7-11-3-5-14(16)15(17)8-11/h3,5,8,10,12-13H,2,4,6-7,9,18H2,1H3. The normalized spacial score (nSPS) is 28.3. The Kier molecular flexibility index (Phi) is 4.33. The molecule has 1 nitrogen and oxygen atoms in total. The molecule has 1 aromatic carbocycles. The second-order valence-corrected chi connectivity index (χ2v) is 5.63. The van der Waals surface area contributed by atoms with Gasteiger partial charge in [0.25, 0.3) is 0 Å². The van der Waals surface area contributed by atoms with Crippen LogP contribution >= 0.6 is 0 Å². The van der Waals surface area contributed by atoms with E-state index < -0.39 is 11.6 Å². The Morgan fingerprint density at radius 3 is 2.61 bits per heavy atom. The summed E-state index contributed by atoms with van der Waals surface area (Å²) in [5.41, 5.74) is 6.69. The van der Waals surface area contributed by atoms with Gasteiger partial charge in [-0.3, -0.25) is 0 Å². The minimum atomic E-state index is -0.772. The second-order valence-electron chi connectivity index (χ2n) is 5.63. The Morgan fingerprint density at radius 2 is 1.94 bits per heavy atom. The van der Waals surface area contributed by atoms with Crippen LogP contribution in [-0.2, 0) is 6.42 Å². The van der Waals surface area contributed by atoms with Crippen molar-refractivity contribution in [3.63, 3.8) is 0 Å². The Bertz CT molecular complexity index is 405. The first-order chi connectivity index (χ1) is 8.60. The van der Waals surface area contributed by atoms with Crippen molar-refractivity contribution in [2.45, 2.75) is 32.6 Å². The van der Waals surface area contributed by atoms with Gasteiger partial charge in [-0.05, 0) is 61.3 Å². The van der Waals surface area contributed by atoms with E-state index >= 15 is 0 Å². The zero-order valence-corrected chi connectivity index (χ0v) is 10.8. The molecule has 1 aliphatic carbocycles. The third kappa shape index (κ3) is 3.08. The quantitative estimate of drug-likeness (QED) is 0.876. The first-order valence-corrected chi connectivity index (χ1v) is 6.74. The van der Waals surface area contributed by atoms with Crippen molar-refractivity contribution in [1.29, 1.82) is 0 Å². The number of hydrogen-bond acceptors (Lipinski definition) is 1. The highest BCUT2D eigenvalue weighted by atomic mass is 19.2. The van der Waals surface area contributed by atoms with Gasteiger partial charge in [-0.15, -0.1) is 0 Å². The van der Waals surface area contributed by atoms with Crippen molar-refractivity contribution in [2.75, 3.05) is 6.54 Å². The number of benzene rings is 1. The number of nitrogens with two attached hydrogens (primary N) is 1. The molecule has 0 bridgehead atoms. The molecule has 3 unspecified atom stereocenters.